The van der Waals surface area contributed by atoms with E-state index in [1.165, 1.54) is 7.11 Å². The van der Waals surface area contributed by atoms with Crippen LogP contribution < -0.4 is 0 Å². The van der Waals surface area contributed by atoms with E-state index in [1.54, 1.807) is 4.90 Å². The van der Waals surface area contributed by atoms with Crippen LogP contribution in [-0.2, 0) is 14.3 Å². The molecule has 0 heterocycles. The Morgan fingerprint density at radius 1 is 1.40 bits per heavy atom. The number of carbonyl (C=O) groups excluding carboxylic acids is 2. The molecule has 1 fully saturated rings. The second-order valence-corrected chi connectivity index (χ2v) is 3.87. The molecular weight excluding hydrogens is 194 g/mol. The number of hydrogen-bond acceptors (Lipinski definition) is 3. The van der Waals surface area contributed by atoms with Gasteiger partial charge in [0, 0.05) is 19.0 Å². The van der Waals surface area contributed by atoms with Gasteiger partial charge in [-0.25, -0.2) is 0 Å². The lowest BCUT2D eigenvalue weighted by Gasteiger charge is -2.30. The zero-order valence-electron chi connectivity index (χ0n) is 9.49. The number of carbonyl (C=O) groups is 2. The maximum atomic E-state index is 11.8. The van der Waals surface area contributed by atoms with Crippen molar-refractivity contribution in [2.75, 3.05) is 20.2 Å². The number of rotatable bonds is 5. The van der Waals surface area contributed by atoms with Gasteiger partial charge in [0.2, 0.25) is 5.91 Å². The molecule has 0 spiro atoms. The average Bonchev–Trinajstić information content (AvgIpc) is 2.15. The molecule has 0 unspecified atom stereocenters. The first kappa shape index (κ1) is 12.0. The predicted molar refractivity (Wildman–Crippen MR) is 56.2 cm³/mol. The van der Waals surface area contributed by atoms with Crippen molar-refractivity contribution in [1.29, 1.82) is 0 Å². The van der Waals surface area contributed by atoms with Gasteiger partial charge >= 0.3 is 5.97 Å². The van der Waals surface area contributed by atoms with Gasteiger partial charge in [-0.3, -0.25) is 9.59 Å². The van der Waals surface area contributed by atoms with Crippen molar-refractivity contribution in [1.82, 2.24) is 4.90 Å². The molecule has 0 aromatic rings. The maximum Gasteiger partial charge on any atom is 0.307 e. The first-order chi connectivity index (χ1) is 7.19. The van der Waals surface area contributed by atoms with Crippen molar-refractivity contribution in [3.8, 4) is 0 Å². The second-order valence-electron chi connectivity index (χ2n) is 3.87. The quantitative estimate of drug-likeness (QED) is 0.645. The summed E-state index contributed by atoms with van der Waals surface area (Å²) >= 11 is 0. The van der Waals surface area contributed by atoms with E-state index >= 15 is 0 Å². The van der Waals surface area contributed by atoms with E-state index in [0.29, 0.717) is 19.5 Å². The largest absolute Gasteiger partial charge is 0.469 e. The lowest BCUT2D eigenvalue weighted by atomic mass is 9.84. The average molecular weight is 213 g/mol. The minimum atomic E-state index is -0.255. The highest BCUT2D eigenvalue weighted by molar-refractivity contribution is 5.80. The molecule has 1 aliphatic rings. The van der Waals surface area contributed by atoms with Crippen molar-refractivity contribution < 1.29 is 14.3 Å². The van der Waals surface area contributed by atoms with Gasteiger partial charge in [0.05, 0.1) is 13.5 Å². The van der Waals surface area contributed by atoms with Crippen LogP contribution in [0.5, 0.6) is 0 Å². The van der Waals surface area contributed by atoms with Gasteiger partial charge in [-0.2, -0.15) is 0 Å². The topological polar surface area (TPSA) is 46.6 Å². The minimum absolute atomic E-state index is 0.202. The molecule has 0 atom stereocenters. The Balaban J connectivity index is 2.33. The fourth-order valence-corrected chi connectivity index (χ4v) is 1.67. The normalized spacial score (nSPS) is 15.6. The number of esters is 1. The fraction of sp³-hybridized carbons (Fsp3) is 0.818. The predicted octanol–water partition coefficient (Wildman–Crippen LogP) is 1.20. The van der Waals surface area contributed by atoms with Gasteiger partial charge in [-0.1, -0.05) is 6.42 Å². The summed E-state index contributed by atoms with van der Waals surface area (Å²) in [6.07, 6.45) is 3.47. The maximum absolute atomic E-state index is 11.8. The molecule has 0 bridgehead atoms. The highest BCUT2D eigenvalue weighted by Crippen LogP contribution is 2.28. The van der Waals surface area contributed by atoms with Crippen LogP contribution in [0.1, 0.15) is 32.6 Å². The third-order valence-corrected chi connectivity index (χ3v) is 2.96. The summed E-state index contributed by atoms with van der Waals surface area (Å²) in [5, 5.41) is 0. The van der Waals surface area contributed by atoms with E-state index in [-0.39, 0.29) is 17.8 Å². The molecule has 0 saturated heterocycles. The van der Waals surface area contributed by atoms with Gasteiger partial charge in [-0.15, -0.1) is 0 Å². The highest BCUT2D eigenvalue weighted by atomic mass is 16.5. The molecule has 0 aromatic heterocycles. The summed E-state index contributed by atoms with van der Waals surface area (Å²) in [5.41, 5.74) is 0. The monoisotopic (exact) mass is 213 g/mol. The van der Waals surface area contributed by atoms with Crippen LogP contribution in [0, 0.1) is 5.92 Å². The first-order valence-corrected chi connectivity index (χ1v) is 5.54. The summed E-state index contributed by atoms with van der Waals surface area (Å²) < 4.78 is 4.55. The van der Waals surface area contributed by atoms with Crippen molar-refractivity contribution in [2.45, 2.75) is 32.6 Å². The molecule has 15 heavy (non-hydrogen) atoms. The van der Waals surface area contributed by atoms with Gasteiger partial charge in [-0.05, 0) is 19.8 Å². The third kappa shape index (κ3) is 3.22. The molecule has 4 heteroatoms. The molecular formula is C11H19NO3. The van der Waals surface area contributed by atoms with Gasteiger partial charge in [0.25, 0.3) is 0 Å². The van der Waals surface area contributed by atoms with Crippen molar-refractivity contribution >= 4 is 11.9 Å². The van der Waals surface area contributed by atoms with Crippen LogP contribution in [0.2, 0.25) is 0 Å². The van der Waals surface area contributed by atoms with E-state index in [9.17, 15) is 9.59 Å². The molecule has 1 amide bonds. The van der Waals surface area contributed by atoms with Crippen molar-refractivity contribution in [3.63, 3.8) is 0 Å². The van der Waals surface area contributed by atoms with Crippen LogP contribution in [0.25, 0.3) is 0 Å². The molecule has 1 saturated carbocycles. The summed E-state index contributed by atoms with van der Waals surface area (Å²) in [4.78, 5) is 24.5. The van der Waals surface area contributed by atoms with Crippen LogP contribution in [0.15, 0.2) is 0 Å². The molecule has 0 aliphatic heterocycles. The molecule has 1 rings (SSSR count). The van der Waals surface area contributed by atoms with Crippen LogP contribution in [-0.4, -0.2) is 37.0 Å². The third-order valence-electron chi connectivity index (χ3n) is 2.96. The van der Waals surface area contributed by atoms with E-state index in [0.717, 1.165) is 19.3 Å². The Hall–Kier alpha value is -1.06. The van der Waals surface area contributed by atoms with E-state index < -0.39 is 0 Å². The Morgan fingerprint density at radius 2 is 2.07 bits per heavy atom. The zero-order chi connectivity index (χ0) is 11.3. The molecule has 0 aromatic carbocycles. The van der Waals surface area contributed by atoms with Gasteiger partial charge < -0.3 is 9.64 Å². The van der Waals surface area contributed by atoms with E-state index in [2.05, 4.69) is 4.74 Å². The number of hydrogen-bond donors (Lipinski definition) is 0. The Labute approximate surface area is 90.6 Å². The van der Waals surface area contributed by atoms with Gasteiger partial charge in [0.15, 0.2) is 0 Å². The summed E-state index contributed by atoms with van der Waals surface area (Å²) in [7, 11) is 1.37. The van der Waals surface area contributed by atoms with Crippen LogP contribution in [0.3, 0.4) is 0 Å². The minimum Gasteiger partial charge on any atom is -0.469 e. The smallest absolute Gasteiger partial charge is 0.307 e. The Morgan fingerprint density at radius 3 is 2.47 bits per heavy atom. The van der Waals surface area contributed by atoms with E-state index in [1.807, 2.05) is 6.92 Å². The van der Waals surface area contributed by atoms with Crippen LogP contribution >= 0.6 is 0 Å². The van der Waals surface area contributed by atoms with Crippen LogP contribution in [0.4, 0.5) is 0 Å². The Kier molecular flexibility index (Phi) is 4.59. The summed E-state index contributed by atoms with van der Waals surface area (Å²) in [6, 6.07) is 0. The van der Waals surface area contributed by atoms with E-state index in [4.69, 9.17) is 0 Å². The molecule has 0 N–H and O–H groups in total. The number of ether oxygens (including phenoxy) is 1. The molecule has 86 valence electrons. The summed E-state index contributed by atoms with van der Waals surface area (Å²) in [6.45, 7) is 3.10. The fourth-order valence-electron chi connectivity index (χ4n) is 1.67. The zero-order valence-corrected chi connectivity index (χ0v) is 9.49. The Bertz CT molecular complexity index is 236. The molecule has 1 aliphatic carbocycles. The molecule has 0 radical (unpaired) electrons. The van der Waals surface area contributed by atoms with Crippen molar-refractivity contribution in [3.05, 3.63) is 0 Å². The number of amides is 1. The first-order valence-electron chi connectivity index (χ1n) is 5.54. The lowest BCUT2D eigenvalue weighted by molar-refractivity contribution is -0.143. The number of methoxy groups -OCH3 is 1. The molecule has 4 nitrogen and oxygen atoms in total. The van der Waals surface area contributed by atoms with Crippen molar-refractivity contribution in [2.24, 2.45) is 5.92 Å². The lowest BCUT2D eigenvalue weighted by Crippen LogP contribution is -2.39. The number of nitrogens with zero attached hydrogens (tertiary/aromatic N) is 1. The highest BCUT2D eigenvalue weighted by Gasteiger charge is 2.28. The van der Waals surface area contributed by atoms with Gasteiger partial charge in [0.1, 0.15) is 0 Å². The summed E-state index contributed by atoms with van der Waals surface area (Å²) in [5.74, 6) is 0.158. The SMILES string of the molecule is CCN(CCC(=O)OC)C(=O)C1CCC1. The standard InChI is InChI=1S/C11H19NO3/c1-3-12(8-7-10(13)15-2)11(14)9-5-4-6-9/h9H,3-8H2,1-2H3. The second kappa shape index (κ2) is 5.73.